The third-order valence-corrected chi connectivity index (χ3v) is 4.19. The Morgan fingerprint density at radius 2 is 2.06 bits per heavy atom. The first-order valence-corrected chi connectivity index (χ1v) is 7.51. The average Bonchev–Trinajstić information content (AvgIpc) is 2.69. The van der Waals surface area contributed by atoms with Crippen LogP contribution >= 0.6 is 0 Å². The molecule has 102 valence electrons. The number of ether oxygens (including phenoxy) is 1. The summed E-state index contributed by atoms with van der Waals surface area (Å²) in [7, 11) is -3.06. The number of esters is 1. The van der Waals surface area contributed by atoms with Gasteiger partial charge in [-0.05, 0) is 13.8 Å². The van der Waals surface area contributed by atoms with E-state index in [0.29, 0.717) is 5.69 Å². The van der Waals surface area contributed by atoms with Crippen molar-refractivity contribution in [3.8, 4) is 0 Å². The van der Waals surface area contributed by atoms with Crippen molar-refractivity contribution in [1.29, 1.82) is 0 Å². The second kappa shape index (κ2) is 5.94. The Labute approximate surface area is 106 Å². The second-order valence-electron chi connectivity index (χ2n) is 3.70. The van der Waals surface area contributed by atoms with E-state index in [9.17, 15) is 13.2 Å². The molecule has 0 aromatic carbocycles. The van der Waals surface area contributed by atoms with E-state index >= 15 is 0 Å². The first-order chi connectivity index (χ1) is 8.41. The maximum absolute atomic E-state index is 11.5. The molecule has 0 unspecified atom stereocenters. The summed E-state index contributed by atoms with van der Waals surface area (Å²) in [6.07, 6.45) is 0. The zero-order valence-corrected chi connectivity index (χ0v) is 11.5. The van der Waals surface area contributed by atoms with Crippen LogP contribution in [-0.4, -0.2) is 47.5 Å². The number of carbonyl (C=O) groups excluding carboxylic acids is 1. The highest BCUT2D eigenvalue weighted by Gasteiger charge is 2.18. The predicted molar refractivity (Wildman–Crippen MR) is 65.0 cm³/mol. The van der Waals surface area contributed by atoms with Crippen LogP contribution in [0.15, 0.2) is 0 Å². The van der Waals surface area contributed by atoms with Gasteiger partial charge in [0.25, 0.3) is 0 Å². The van der Waals surface area contributed by atoms with Gasteiger partial charge in [0.05, 0.1) is 24.6 Å². The molecule has 8 heteroatoms. The molecule has 0 spiro atoms. The predicted octanol–water partition coefficient (Wildman–Crippen LogP) is 0.198. The SMILES string of the molecule is CCOC(=O)c1nnn(CCS(=O)(=O)CC)c1C. The third kappa shape index (κ3) is 3.52. The van der Waals surface area contributed by atoms with Crippen LogP contribution in [-0.2, 0) is 21.1 Å². The van der Waals surface area contributed by atoms with Gasteiger partial charge in [-0.2, -0.15) is 0 Å². The highest BCUT2D eigenvalue weighted by molar-refractivity contribution is 7.91. The highest BCUT2D eigenvalue weighted by atomic mass is 32.2. The summed E-state index contributed by atoms with van der Waals surface area (Å²) in [5.41, 5.74) is 0.644. The van der Waals surface area contributed by atoms with E-state index in [1.54, 1.807) is 20.8 Å². The fraction of sp³-hybridized carbons (Fsp3) is 0.700. The summed E-state index contributed by atoms with van der Waals surface area (Å²) in [6.45, 7) is 5.40. The number of carbonyl (C=O) groups is 1. The van der Waals surface area contributed by atoms with Gasteiger partial charge in [0, 0.05) is 5.75 Å². The third-order valence-electron chi connectivity index (χ3n) is 2.51. The number of hydrogen-bond donors (Lipinski definition) is 0. The van der Waals surface area contributed by atoms with Crippen molar-refractivity contribution >= 4 is 15.8 Å². The molecular weight excluding hydrogens is 258 g/mol. The van der Waals surface area contributed by atoms with E-state index < -0.39 is 15.8 Å². The van der Waals surface area contributed by atoms with Gasteiger partial charge in [0.15, 0.2) is 15.5 Å². The van der Waals surface area contributed by atoms with Gasteiger partial charge in [-0.25, -0.2) is 17.9 Å². The van der Waals surface area contributed by atoms with Crippen LogP contribution in [0.3, 0.4) is 0 Å². The fourth-order valence-electron chi connectivity index (χ4n) is 1.33. The minimum absolute atomic E-state index is 0.0179. The van der Waals surface area contributed by atoms with Crippen LogP contribution in [0.1, 0.15) is 30.0 Å². The van der Waals surface area contributed by atoms with Crippen molar-refractivity contribution in [3.05, 3.63) is 11.4 Å². The molecular formula is C10H17N3O4S. The number of aryl methyl sites for hydroxylation is 1. The van der Waals surface area contributed by atoms with Gasteiger partial charge >= 0.3 is 5.97 Å². The number of nitrogens with zero attached hydrogens (tertiary/aromatic N) is 3. The van der Waals surface area contributed by atoms with Crippen LogP contribution in [0.2, 0.25) is 0 Å². The second-order valence-corrected chi connectivity index (χ2v) is 6.18. The van der Waals surface area contributed by atoms with Crippen LogP contribution in [0.25, 0.3) is 0 Å². The molecule has 7 nitrogen and oxygen atoms in total. The van der Waals surface area contributed by atoms with Crippen molar-refractivity contribution in [2.24, 2.45) is 0 Å². The molecule has 0 saturated carbocycles. The van der Waals surface area contributed by atoms with Gasteiger partial charge in [-0.1, -0.05) is 12.1 Å². The van der Waals surface area contributed by atoms with E-state index in [2.05, 4.69) is 10.3 Å². The van der Waals surface area contributed by atoms with Crippen LogP contribution in [0.4, 0.5) is 0 Å². The van der Waals surface area contributed by atoms with E-state index in [1.807, 2.05) is 0 Å². The largest absolute Gasteiger partial charge is 0.461 e. The van der Waals surface area contributed by atoms with Crippen LogP contribution in [0.5, 0.6) is 0 Å². The Hall–Kier alpha value is -1.44. The monoisotopic (exact) mass is 275 g/mol. The Bertz CT molecular complexity index is 521. The Balaban J connectivity index is 2.78. The molecule has 1 rings (SSSR count). The maximum Gasteiger partial charge on any atom is 0.360 e. The summed E-state index contributed by atoms with van der Waals surface area (Å²) >= 11 is 0. The molecule has 0 N–H and O–H groups in total. The molecule has 0 aliphatic rings. The quantitative estimate of drug-likeness (QED) is 0.689. The van der Waals surface area contributed by atoms with Crippen molar-refractivity contribution in [3.63, 3.8) is 0 Å². The van der Waals surface area contributed by atoms with Crippen LogP contribution < -0.4 is 0 Å². The van der Waals surface area contributed by atoms with Gasteiger partial charge in [0.1, 0.15) is 0 Å². The summed E-state index contributed by atoms with van der Waals surface area (Å²) in [4.78, 5) is 11.5. The van der Waals surface area contributed by atoms with Gasteiger partial charge in [0.2, 0.25) is 0 Å². The molecule has 1 aromatic heterocycles. The van der Waals surface area contributed by atoms with Crippen LogP contribution in [0, 0.1) is 6.92 Å². The van der Waals surface area contributed by atoms with Gasteiger partial charge in [-0.3, -0.25) is 0 Å². The molecule has 1 heterocycles. The molecule has 18 heavy (non-hydrogen) atoms. The molecule has 0 radical (unpaired) electrons. The number of rotatable bonds is 6. The lowest BCUT2D eigenvalue weighted by atomic mass is 10.3. The van der Waals surface area contributed by atoms with Gasteiger partial charge in [-0.15, -0.1) is 5.10 Å². The first kappa shape index (κ1) is 14.6. The first-order valence-electron chi connectivity index (χ1n) is 5.69. The smallest absolute Gasteiger partial charge is 0.360 e. The molecule has 0 aliphatic heterocycles. The van der Waals surface area contributed by atoms with E-state index in [1.165, 1.54) is 4.68 Å². The van der Waals surface area contributed by atoms with E-state index in [-0.39, 0.29) is 30.4 Å². The normalized spacial score (nSPS) is 11.5. The molecule has 0 aliphatic carbocycles. The lowest BCUT2D eigenvalue weighted by molar-refractivity contribution is 0.0518. The molecule has 0 saturated heterocycles. The number of hydrogen-bond acceptors (Lipinski definition) is 6. The summed E-state index contributed by atoms with van der Waals surface area (Å²) in [5.74, 6) is -0.471. The molecule has 0 atom stereocenters. The Morgan fingerprint density at radius 3 is 2.61 bits per heavy atom. The lowest BCUT2D eigenvalue weighted by Gasteiger charge is -2.03. The maximum atomic E-state index is 11.5. The average molecular weight is 275 g/mol. The number of aromatic nitrogens is 3. The van der Waals surface area contributed by atoms with Crippen molar-refractivity contribution < 1.29 is 17.9 Å². The zero-order valence-electron chi connectivity index (χ0n) is 10.7. The summed E-state index contributed by atoms with van der Waals surface area (Å²) in [5, 5.41) is 7.46. The minimum atomic E-state index is -3.06. The standard InChI is InChI=1S/C10H17N3O4S/c1-4-17-10(14)9-8(3)13(12-11-9)6-7-18(15,16)5-2/h4-7H2,1-3H3. The van der Waals surface area contributed by atoms with Crippen molar-refractivity contribution in [2.75, 3.05) is 18.1 Å². The van der Waals surface area contributed by atoms with E-state index in [4.69, 9.17) is 4.74 Å². The fourth-order valence-corrected chi connectivity index (χ4v) is 2.07. The Kier molecular flexibility index (Phi) is 4.83. The Morgan fingerprint density at radius 1 is 1.39 bits per heavy atom. The number of sulfone groups is 1. The van der Waals surface area contributed by atoms with Crippen molar-refractivity contribution in [1.82, 2.24) is 15.0 Å². The summed E-state index contributed by atoms with van der Waals surface area (Å²) < 4.78 is 29.0. The molecule has 0 fully saturated rings. The lowest BCUT2D eigenvalue weighted by Crippen LogP contribution is -2.16. The molecule has 1 aromatic rings. The topological polar surface area (TPSA) is 91.2 Å². The van der Waals surface area contributed by atoms with E-state index in [0.717, 1.165) is 0 Å². The highest BCUT2D eigenvalue weighted by Crippen LogP contribution is 2.06. The van der Waals surface area contributed by atoms with Crippen molar-refractivity contribution in [2.45, 2.75) is 27.3 Å². The summed E-state index contributed by atoms with van der Waals surface area (Å²) in [6, 6.07) is 0. The molecule has 0 bridgehead atoms. The zero-order chi connectivity index (χ0) is 13.8. The molecule has 0 amide bonds. The van der Waals surface area contributed by atoms with Gasteiger partial charge < -0.3 is 4.74 Å². The minimum Gasteiger partial charge on any atom is -0.461 e.